The molecule has 22 heavy (non-hydrogen) atoms. The van der Waals surface area contributed by atoms with E-state index in [-0.39, 0.29) is 42.1 Å². The smallest absolute Gasteiger partial charge is 0.223 e. The normalized spacial score (nSPS) is 32.7. The standard InChI is InChI=1S/C17H25NO4/c1-10(16(22)18-8-9-19)12-4-6-17(3)7-5-13(20)11(2)14(17)15(12)21/h5,7,10,12,15,19,21H,4,6,8-9H2,1-3H3,(H,18,22)/t10-,12-,15-,17-/m0/s1. The predicted octanol–water partition coefficient (Wildman–Crippen LogP) is 0.964. The topological polar surface area (TPSA) is 86.6 Å². The Labute approximate surface area is 131 Å². The molecule has 5 nitrogen and oxygen atoms in total. The molecule has 0 spiro atoms. The van der Waals surface area contributed by atoms with E-state index in [1.54, 1.807) is 19.9 Å². The van der Waals surface area contributed by atoms with Gasteiger partial charge in [0.2, 0.25) is 5.91 Å². The number of hydrogen-bond donors (Lipinski definition) is 3. The summed E-state index contributed by atoms with van der Waals surface area (Å²) in [6.07, 6.45) is 4.21. The van der Waals surface area contributed by atoms with Crippen LogP contribution < -0.4 is 5.32 Å². The first-order valence-electron chi connectivity index (χ1n) is 7.83. The quantitative estimate of drug-likeness (QED) is 0.722. The second-order valence-corrected chi connectivity index (χ2v) is 6.60. The van der Waals surface area contributed by atoms with E-state index in [9.17, 15) is 14.7 Å². The number of aliphatic hydroxyl groups excluding tert-OH is 2. The second kappa shape index (κ2) is 6.34. The van der Waals surface area contributed by atoms with Crippen LogP contribution in [0.25, 0.3) is 0 Å². The van der Waals surface area contributed by atoms with Gasteiger partial charge in [0.25, 0.3) is 0 Å². The van der Waals surface area contributed by atoms with Gasteiger partial charge in [-0.05, 0) is 37.0 Å². The van der Waals surface area contributed by atoms with Gasteiger partial charge >= 0.3 is 0 Å². The van der Waals surface area contributed by atoms with E-state index in [2.05, 4.69) is 5.32 Å². The molecule has 2 aliphatic rings. The third-order valence-electron chi connectivity index (χ3n) is 5.16. The summed E-state index contributed by atoms with van der Waals surface area (Å²) in [4.78, 5) is 24.0. The summed E-state index contributed by atoms with van der Waals surface area (Å²) in [5, 5.41) is 22.2. The maximum atomic E-state index is 12.1. The highest BCUT2D eigenvalue weighted by atomic mass is 16.3. The average molecular weight is 307 g/mol. The summed E-state index contributed by atoms with van der Waals surface area (Å²) in [5.74, 6) is -0.814. The number of carbonyl (C=O) groups is 2. The van der Waals surface area contributed by atoms with Gasteiger partial charge in [0.05, 0.1) is 12.7 Å². The van der Waals surface area contributed by atoms with Gasteiger partial charge in [-0.1, -0.05) is 19.9 Å². The molecule has 2 rings (SSSR count). The van der Waals surface area contributed by atoms with Gasteiger partial charge in [-0.2, -0.15) is 0 Å². The molecule has 1 saturated carbocycles. The molecular weight excluding hydrogens is 282 g/mol. The van der Waals surface area contributed by atoms with Gasteiger partial charge in [-0.15, -0.1) is 0 Å². The van der Waals surface area contributed by atoms with Crippen LogP contribution in [0.15, 0.2) is 23.3 Å². The highest BCUT2D eigenvalue weighted by Crippen LogP contribution is 2.49. The highest BCUT2D eigenvalue weighted by Gasteiger charge is 2.46. The van der Waals surface area contributed by atoms with Crippen molar-refractivity contribution in [2.24, 2.45) is 17.3 Å². The lowest BCUT2D eigenvalue weighted by atomic mass is 9.61. The molecule has 4 atom stereocenters. The Morgan fingerprint density at radius 1 is 1.55 bits per heavy atom. The number of rotatable bonds is 4. The summed E-state index contributed by atoms with van der Waals surface area (Å²) < 4.78 is 0. The largest absolute Gasteiger partial charge is 0.395 e. The van der Waals surface area contributed by atoms with Crippen LogP contribution in [0.3, 0.4) is 0 Å². The predicted molar refractivity (Wildman–Crippen MR) is 82.9 cm³/mol. The Morgan fingerprint density at radius 3 is 2.86 bits per heavy atom. The molecule has 0 radical (unpaired) electrons. The Bertz CT molecular complexity index is 537. The monoisotopic (exact) mass is 307 g/mol. The van der Waals surface area contributed by atoms with E-state index in [0.29, 0.717) is 5.57 Å². The van der Waals surface area contributed by atoms with Crippen LogP contribution in [0, 0.1) is 17.3 Å². The summed E-state index contributed by atoms with van der Waals surface area (Å²) in [7, 11) is 0. The van der Waals surface area contributed by atoms with Crippen molar-refractivity contribution >= 4 is 11.7 Å². The molecule has 0 aromatic rings. The first-order valence-corrected chi connectivity index (χ1v) is 7.83. The van der Waals surface area contributed by atoms with E-state index < -0.39 is 6.10 Å². The lowest BCUT2D eigenvalue weighted by molar-refractivity contribution is -0.128. The molecule has 0 saturated heterocycles. The molecule has 3 N–H and O–H groups in total. The zero-order valence-electron chi connectivity index (χ0n) is 13.4. The van der Waals surface area contributed by atoms with E-state index in [0.717, 1.165) is 18.4 Å². The zero-order chi connectivity index (χ0) is 16.5. The van der Waals surface area contributed by atoms with Crippen molar-refractivity contribution in [3.63, 3.8) is 0 Å². The average Bonchev–Trinajstić information content (AvgIpc) is 2.48. The number of amides is 1. The number of aliphatic hydroxyl groups is 2. The van der Waals surface area contributed by atoms with Crippen LogP contribution in [0.1, 0.15) is 33.6 Å². The first-order chi connectivity index (χ1) is 10.3. The summed E-state index contributed by atoms with van der Waals surface area (Å²) in [6.45, 7) is 5.69. The maximum absolute atomic E-state index is 12.1. The summed E-state index contributed by atoms with van der Waals surface area (Å²) in [5.41, 5.74) is 1.07. The molecular formula is C17H25NO4. The minimum absolute atomic E-state index is 0.0652. The third kappa shape index (κ3) is 2.88. The second-order valence-electron chi connectivity index (χ2n) is 6.60. The highest BCUT2D eigenvalue weighted by molar-refractivity contribution is 6.05. The lowest BCUT2D eigenvalue weighted by Crippen LogP contribution is -2.46. The van der Waals surface area contributed by atoms with Crippen LogP contribution in [0.4, 0.5) is 0 Å². The fraction of sp³-hybridized carbons (Fsp3) is 0.647. The Morgan fingerprint density at radius 2 is 2.23 bits per heavy atom. The van der Waals surface area contributed by atoms with Crippen LogP contribution in [-0.2, 0) is 9.59 Å². The van der Waals surface area contributed by atoms with Crippen LogP contribution in [0.2, 0.25) is 0 Å². The molecule has 1 fully saturated rings. The lowest BCUT2D eigenvalue weighted by Gasteiger charge is -2.45. The number of ketones is 1. The molecule has 1 amide bonds. The number of nitrogens with one attached hydrogen (secondary N) is 1. The van der Waals surface area contributed by atoms with Gasteiger partial charge in [0, 0.05) is 23.8 Å². The van der Waals surface area contributed by atoms with Crippen molar-refractivity contribution in [3.8, 4) is 0 Å². The molecule has 0 heterocycles. The van der Waals surface area contributed by atoms with Crippen molar-refractivity contribution in [2.75, 3.05) is 13.2 Å². The SMILES string of the molecule is CC1=C2[C@@H](O)[C@H]([C@H](C)C(=O)NCCO)CC[C@@]2(C)C=CC1=O. The zero-order valence-corrected chi connectivity index (χ0v) is 13.4. The third-order valence-corrected chi connectivity index (χ3v) is 5.16. The summed E-state index contributed by atoms with van der Waals surface area (Å²) in [6, 6.07) is 0. The van der Waals surface area contributed by atoms with Gasteiger partial charge in [0.1, 0.15) is 0 Å². The molecule has 0 unspecified atom stereocenters. The molecule has 2 aliphatic carbocycles. The van der Waals surface area contributed by atoms with Gasteiger partial charge in [-0.3, -0.25) is 9.59 Å². The van der Waals surface area contributed by atoms with Crippen molar-refractivity contribution in [1.82, 2.24) is 5.32 Å². The number of carbonyl (C=O) groups excluding carboxylic acids is 2. The Balaban J connectivity index is 2.23. The number of fused-ring (bicyclic) bond motifs is 1. The van der Waals surface area contributed by atoms with E-state index in [4.69, 9.17) is 5.11 Å². The molecule has 0 aromatic carbocycles. The minimum atomic E-state index is -0.789. The molecule has 5 heteroatoms. The number of hydrogen-bond acceptors (Lipinski definition) is 4. The van der Waals surface area contributed by atoms with E-state index >= 15 is 0 Å². The van der Waals surface area contributed by atoms with E-state index in [1.165, 1.54) is 0 Å². The van der Waals surface area contributed by atoms with E-state index in [1.807, 2.05) is 13.0 Å². The molecule has 122 valence electrons. The fourth-order valence-electron chi connectivity index (χ4n) is 3.71. The van der Waals surface area contributed by atoms with Crippen LogP contribution >= 0.6 is 0 Å². The summed E-state index contributed by atoms with van der Waals surface area (Å²) >= 11 is 0. The number of allylic oxidation sites excluding steroid dienone is 3. The van der Waals surface area contributed by atoms with Crippen LogP contribution in [-0.4, -0.2) is 41.2 Å². The maximum Gasteiger partial charge on any atom is 0.223 e. The van der Waals surface area contributed by atoms with Crippen molar-refractivity contribution < 1.29 is 19.8 Å². The van der Waals surface area contributed by atoms with Crippen LogP contribution in [0.5, 0.6) is 0 Å². The molecule has 0 aromatic heterocycles. The van der Waals surface area contributed by atoms with Gasteiger partial charge < -0.3 is 15.5 Å². The van der Waals surface area contributed by atoms with Crippen molar-refractivity contribution in [1.29, 1.82) is 0 Å². The molecule has 0 bridgehead atoms. The van der Waals surface area contributed by atoms with Gasteiger partial charge in [-0.25, -0.2) is 0 Å². The van der Waals surface area contributed by atoms with Crippen molar-refractivity contribution in [2.45, 2.75) is 39.7 Å². The first kappa shape index (κ1) is 16.9. The fourth-order valence-corrected chi connectivity index (χ4v) is 3.71. The Kier molecular flexibility index (Phi) is 4.87. The van der Waals surface area contributed by atoms with Crippen molar-refractivity contribution in [3.05, 3.63) is 23.3 Å². The van der Waals surface area contributed by atoms with Gasteiger partial charge in [0.15, 0.2) is 5.78 Å². The molecule has 0 aliphatic heterocycles. The minimum Gasteiger partial charge on any atom is -0.395 e. The Hall–Kier alpha value is -1.46.